The third-order valence-corrected chi connectivity index (χ3v) is 2.98. The number of nitrogens with one attached hydrogen (secondary N) is 1. The molecule has 2 heterocycles. The first-order valence-electron chi connectivity index (χ1n) is 5.04. The van der Waals surface area contributed by atoms with Gasteiger partial charge in [-0.25, -0.2) is 4.98 Å². The van der Waals surface area contributed by atoms with Gasteiger partial charge in [0.05, 0.1) is 29.5 Å². The zero-order chi connectivity index (χ0) is 11.5. The molecule has 1 unspecified atom stereocenters. The topological polar surface area (TPSA) is 51.2 Å². The molecule has 0 bridgehead atoms. The van der Waals surface area contributed by atoms with E-state index in [-0.39, 0.29) is 6.04 Å². The Morgan fingerprint density at radius 3 is 2.94 bits per heavy atom. The SMILES string of the molecule is Cc1cnc(C(C)NCc2occc2Br)o1. The third-order valence-electron chi connectivity index (χ3n) is 2.27. The molecule has 5 heteroatoms. The van der Waals surface area contributed by atoms with E-state index < -0.39 is 0 Å². The second-order valence-corrected chi connectivity index (χ2v) is 4.46. The molecule has 0 amide bonds. The van der Waals surface area contributed by atoms with Gasteiger partial charge < -0.3 is 8.83 Å². The Bertz CT molecular complexity index is 464. The fourth-order valence-corrected chi connectivity index (χ4v) is 1.70. The lowest BCUT2D eigenvalue weighted by Crippen LogP contribution is -2.18. The van der Waals surface area contributed by atoms with E-state index in [0.29, 0.717) is 12.4 Å². The predicted molar refractivity (Wildman–Crippen MR) is 62.9 cm³/mol. The number of rotatable bonds is 4. The maximum atomic E-state index is 5.43. The van der Waals surface area contributed by atoms with Crippen LogP contribution >= 0.6 is 15.9 Å². The molecular formula is C11H13BrN2O2. The average Bonchev–Trinajstić information content (AvgIpc) is 2.84. The Kier molecular flexibility index (Phi) is 3.46. The highest BCUT2D eigenvalue weighted by Crippen LogP contribution is 2.19. The van der Waals surface area contributed by atoms with Crippen LogP contribution in [0.1, 0.15) is 30.4 Å². The van der Waals surface area contributed by atoms with E-state index in [4.69, 9.17) is 8.83 Å². The number of nitrogens with zero attached hydrogens (tertiary/aromatic N) is 1. The lowest BCUT2D eigenvalue weighted by molar-refractivity contribution is 0.386. The van der Waals surface area contributed by atoms with Crippen molar-refractivity contribution in [3.63, 3.8) is 0 Å². The molecule has 2 rings (SSSR count). The van der Waals surface area contributed by atoms with Crippen LogP contribution in [0.3, 0.4) is 0 Å². The Balaban J connectivity index is 1.93. The zero-order valence-electron chi connectivity index (χ0n) is 9.16. The number of furan rings is 1. The van der Waals surface area contributed by atoms with E-state index in [9.17, 15) is 0 Å². The van der Waals surface area contributed by atoms with Crippen LogP contribution in [0.4, 0.5) is 0 Å². The summed E-state index contributed by atoms with van der Waals surface area (Å²) in [7, 11) is 0. The van der Waals surface area contributed by atoms with Crippen molar-refractivity contribution in [3.8, 4) is 0 Å². The van der Waals surface area contributed by atoms with E-state index in [0.717, 1.165) is 16.0 Å². The van der Waals surface area contributed by atoms with E-state index in [1.54, 1.807) is 12.5 Å². The van der Waals surface area contributed by atoms with Crippen molar-refractivity contribution in [1.29, 1.82) is 0 Å². The first-order valence-corrected chi connectivity index (χ1v) is 5.83. The van der Waals surface area contributed by atoms with Crippen molar-refractivity contribution in [1.82, 2.24) is 10.3 Å². The standard InChI is InChI=1S/C11H13BrN2O2/c1-7-5-14-11(16-7)8(2)13-6-10-9(12)3-4-15-10/h3-5,8,13H,6H2,1-2H3. The van der Waals surface area contributed by atoms with Crippen LogP contribution in [-0.4, -0.2) is 4.98 Å². The molecule has 0 radical (unpaired) electrons. The van der Waals surface area contributed by atoms with Gasteiger partial charge in [-0.05, 0) is 35.8 Å². The van der Waals surface area contributed by atoms with Gasteiger partial charge in [0.15, 0.2) is 0 Å². The minimum Gasteiger partial charge on any atom is -0.467 e. The molecule has 1 atom stereocenters. The fourth-order valence-electron chi connectivity index (χ4n) is 1.36. The summed E-state index contributed by atoms with van der Waals surface area (Å²) in [5, 5.41) is 3.28. The van der Waals surface area contributed by atoms with Gasteiger partial charge in [-0.1, -0.05) is 0 Å². The Labute approximate surface area is 102 Å². The number of aryl methyl sites for hydroxylation is 1. The largest absolute Gasteiger partial charge is 0.467 e. The van der Waals surface area contributed by atoms with Gasteiger partial charge in [-0.3, -0.25) is 5.32 Å². The molecule has 2 aromatic rings. The highest BCUT2D eigenvalue weighted by molar-refractivity contribution is 9.10. The lowest BCUT2D eigenvalue weighted by atomic mass is 10.3. The first kappa shape index (κ1) is 11.4. The summed E-state index contributed by atoms with van der Waals surface area (Å²) in [4.78, 5) is 4.17. The fraction of sp³-hybridized carbons (Fsp3) is 0.364. The van der Waals surface area contributed by atoms with Crippen LogP contribution in [0.2, 0.25) is 0 Å². The Morgan fingerprint density at radius 1 is 1.56 bits per heavy atom. The Morgan fingerprint density at radius 2 is 2.38 bits per heavy atom. The third kappa shape index (κ3) is 2.54. The molecule has 0 saturated carbocycles. The summed E-state index contributed by atoms with van der Waals surface area (Å²) in [5.41, 5.74) is 0. The molecule has 16 heavy (non-hydrogen) atoms. The highest BCUT2D eigenvalue weighted by atomic mass is 79.9. The second kappa shape index (κ2) is 4.84. The molecule has 0 aliphatic heterocycles. The monoisotopic (exact) mass is 284 g/mol. The summed E-state index contributed by atoms with van der Waals surface area (Å²) in [6, 6.07) is 1.93. The summed E-state index contributed by atoms with van der Waals surface area (Å²) < 4.78 is 11.7. The lowest BCUT2D eigenvalue weighted by Gasteiger charge is -2.08. The zero-order valence-corrected chi connectivity index (χ0v) is 10.7. The smallest absolute Gasteiger partial charge is 0.211 e. The molecule has 86 valence electrons. The number of hydrogen-bond acceptors (Lipinski definition) is 4. The van der Waals surface area contributed by atoms with Gasteiger partial charge in [0.2, 0.25) is 5.89 Å². The first-order chi connectivity index (χ1) is 7.66. The quantitative estimate of drug-likeness (QED) is 0.937. The number of halogens is 1. The molecule has 0 saturated heterocycles. The molecule has 2 aromatic heterocycles. The van der Waals surface area contributed by atoms with Crippen LogP contribution < -0.4 is 5.32 Å². The van der Waals surface area contributed by atoms with E-state index in [1.165, 1.54) is 0 Å². The molecule has 0 aromatic carbocycles. The van der Waals surface area contributed by atoms with Crippen molar-refractivity contribution in [2.75, 3.05) is 0 Å². The van der Waals surface area contributed by atoms with Crippen LogP contribution in [0.5, 0.6) is 0 Å². The van der Waals surface area contributed by atoms with Crippen LogP contribution in [0.15, 0.2) is 31.8 Å². The van der Waals surface area contributed by atoms with Crippen molar-refractivity contribution >= 4 is 15.9 Å². The average molecular weight is 285 g/mol. The second-order valence-electron chi connectivity index (χ2n) is 3.60. The van der Waals surface area contributed by atoms with E-state index in [2.05, 4.69) is 26.2 Å². The summed E-state index contributed by atoms with van der Waals surface area (Å²) in [5.74, 6) is 2.39. The minimum absolute atomic E-state index is 0.0608. The van der Waals surface area contributed by atoms with Crippen molar-refractivity contribution in [2.45, 2.75) is 26.4 Å². The molecule has 0 fully saturated rings. The van der Waals surface area contributed by atoms with Crippen LogP contribution in [-0.2, 0) is 6.54 Å². The molecule has 4 nitrogen and oxygen atoms in total. The maximum Gasteiger partial charge on any atom is 0.211 e. The molecular weight excluding hydrogens is 272 g/mol. The van der Waals surface area contributed by atoms with Gasteiger partial charge >= 0.3 is 0 Å². The van der Waals surface area contributed by atoms with Crippen molar-refractivity contribution in [3.05, 3.63) is 40.4 Å². The predicted octanol–water partition coefficient (Wildman–Crippen LogP) is 3.19. The van der Waals surface area contributed by atoms with Crippen LogP contribution in [0.25, 0.3) is 0 Å². The van der Waals surface area contributed by atoms with Crippen molar-refractivity contribution in [2.24, 2.45) is 0 Å². The molecule has 0 spiro atoms. The number of aromatic nitrogens is 1. The molecule has 0 aliphatic carbocycles. The summed E-state index contributed by atoms with van der Waals surface area (Å²) in [6.07, 6.45) is 3.37. The molecule has 1 N–H and O–H groups in total. The van der Waals surface area contributed by atoms with Gasteiger partial charge in [0, 0.05) is 0 Å². The van der Waals surface area contributed by atoms with Crippen LogP contribution in [0, 0.1) is 6.92 Å². The van der Waals surface area contributed by atoms with E-state index in [1.807, 2.05) is 19.9 Å². The van der Waals surface area contributed by atoms with Gasteiger partial charge in [-0.2, -0.15) is 0 Å². The summed E-state index contributed by atoms with van der Waals surface area (Å²) >= 11 is 3.40. The van der Waals surface area contributed by atoms with Gasteiger partial charge in [0.25, 0.3) is 0 Å². The Hall–Kier alpha value is -1.07. The van der Waals surface area contributed by atoms with Crippen molar-refractivity contribution < 1.29 is 8.83 Å². The number of oxazole rings is 1. The highest BCUT2D eigenvalue weighted by Gasteiger charge is 2.12. The maximum absolute atomic E-state index is 5.43. The minimum atomic E-state index is 0.0608. The van der Waals surface area contributed by atoms with Gasteiger partial charge in [0.1, 0.15) is 11.5 Å². The molecule has 0 aliphatic rings. The number of hydrogen-bond donors (Lipinski definition) is 1. The van der Waals surface area contributed by atoms with E-state index >= 15 is 0 Å². The summed E-state index contributed by atoms with van der Waals surface area (Å²) in [6.45, 7) is 4.52. The normalized spacial score (nSPS) is 12.9. The van der Waals surface area contributed by atoms with Gasteiger partial charge in [-0.15, -0.1) is 0 Å².